The molecular formula is C16H12ClFO. The van der Waals surface area contributed by atoms with Crippen molar-refractivity contribution >= 4 is 17.4 Å². The van der Waals surface area contributed by atoms with E-state index in [1.54, 1.807) is 0 Å². The van der Waals surface area contributed by atoms with E-state index in [4.69, 9.17) is 11.6 Å². The molecule has 1 aliphatic carbocycles. The van der Waals surface area contributed by atoms with E-state index in [2.05, 4.69) is 12.1 Å². The van der Waals surface area contributed by atoms with E-state index >= 15 is 0 Å². The zero-order valence-electron chi connectivity index (χ0n) is 10.2. The van der Waals surface area contributed by atoms with Crippen LogP contribution in [0.2, 0.25) is 5.02 Å². The van der Waals surface area contributed by atoms with Gasteiger partial charge in [-0.25, -0.2) is 4.39 Å². The van der Waals surface area contributed by atoms with Gasteiger partial charge in [0.1, 0.15) is 5.82 Å². The molecule has 0 unspecified atom stereocenters. The Hall–Kier alpha value is -1.67. The molecule has 0 fully saturated rings. The average Bonchev–Trinajstić information content (AvgIpc) is 2.81. The Kier molecular flexibility index (Phi) is 3.11. The van der Waals surface area contributed by atoms with Crippen LogP contribution < -0.4 is 0 Å². The maximum Gasteiger partial charge on any atom is 0.168 e. The van der Waals surface area contributed by atoms with Crippen molar-refractivity contribution in [2.45, 2.75) is 12.8 Å². The van der Waals surface area contributed by atoms with Crippen LogP contribution in [0.3, 0.4) is 0 Å². The van der Waals surface area contributed by atoms with Crippen molar-refractivity contribution < 1.29 is 9.18 Å². The molecule has 0 radical (unpaired) electrons. The highest BCUT2D eigenvalue weighted by atomic mass is 35.5. The van der Waals surface area contributed by atoms with Crippen LogP contribution in [0.4, 0.5) is 4.39 Å². The summed E-state index contributed by atoms with van der Waals surface area (Å²) in [4.78, 5) is 12.4. The van der Waals surface area contributed by atoms with Gasteiger partial charge in [0, 0.05) is 11.5 Å². The molecule has 0 heterocycles. The molecule has 0 bridgehead atoms. The van der Waals surface area contributed by atoms with Gasteiger partial charge in [-0.05, 0) is 42.2 Å². The SMILES string of the molecule is O=C(c1ccc(F)cc1Cl)C1Cc2ccccc2C1. The van der Waals surface area contributed by atoms with Crippen molar-refractivity contribution in [3.05, 3.63) is 70.0 Å². The highest BCUT2D eigenvalue weighted by molar-refractivity contribution is 6.34. The van der Waals surface area contributed by atoms with Gasteiger partial charge in [0.15, 0.2) is 5.78 Å². The summed E-state index contributed by atoms with van der Waals surface area (Å²) in [5, 5.41) is 0.195. The highest BCUT2D eigenvalue weighted by Gasteiger charge is 2.28. The molecule has 96 valence electrons. The van der Waals surface area contributed by atoms with Gasteiger partial charge in [0.05, 0.1) is 5.02 Å². The summed E-state index contributed by atoms with van der Waals surface area (Å²) in [5.41, 5.74) is 2.86. The number of fused-ring (bicyclic) bond motifs is 1. The van der Waals surface area contributed by atoms with Crippen LogP contribution >= 0.6 is 11.6 Å². The summed E-state index contributed by atoms with van der Waals surface area (Å²) < 4.78 is 13.0. The third kappa shape index (κ3) is 2.28. The maximum atomic E-state index is 13.0. The van der Waals surface area contributed by atoms with Crippen LogP contribution in [0, 0.1) is 11.7 Å². The van der Waals surface area contributed by atoms with Crippen molar-refractivity contribution in [1.82, 2.24) is 0 Å². The van der Waals surface area contributed by atoms with Crippen LogP contribution in [-0.4, -0.2) is 5.78 Å². The third-order valence-electron chi connectivity index (χ3n) is 3.62. The van der Waals surface area contributed by atoms with Gasteiger partial charge in [-0.2, -0.15) is 0 Å². The molecule has 0 atom stereocenters. The number of rotatable bonds is 2. The fourth-order valence-electron chi connectivity index (χ4n) is 2.65. The standard InChI is InChI=1S/C16H12ClFO/c17-15-9-13(18)5-6-14(15)16(19)12-7-10-3-1-2-4-11(10)8-12/h1-6,9,12H,7-8H2. The molecule has 2 aromatic rings. The largest absolute Gasteiger partial charge is 0.294 e. The number of Topliss-reactive ketones (excluding diaryl/α,β-unsaturated/α-hetero) is 1. The van der Waals surface area contributed by atoms with Crippen molar-refractivity contribution in [2.24, 2.45) is 5.92 Å². The summed E-state index contributed by atoms with van der Waals surface area (Å²) in [7, 11) is 0. The Balaban J connectivity index is 1.87. The number of hydrogen-bond donors (Lipinski definition) is 0. The van der Waals surface area contributed by atoms with Crippen LogP contribution in [0.15, 0.2) is 42.5 Å². The predicted octanol–water partition coefficient (Wildman–Crippen LogP) is 4.08. The number of benzene rings is 2. The summed E-state index contributed by atoms with van der Waals surface area (Å²) >= 11 is 5.95. The lowest BCUT2D eigenvalue weighted by molar-refractivity contribution is 0.0925. The van der Waals surface area contributed by atoms with Crippen molar-refractivity contribution in [3.63, 3.8) is 0 Å². The molecule has 0 spiro atoms. The third-order valence-corrected chi connectivity index (χ3v) is 3.93. The van der Waals surface area contributed by atoms with E-state index in [1.807, 2.05) is 12.1 Å². The first-order valence-electron chi connectivity index (χ1n) is 6.21. The molecule has 3 heteroatoms. The van der Waals surface area contributed by atoms with Crippen molar-refractivity contribution in [3.8, 4) is 0 Å². The molecule has 0 N–H and O–H groups in total. The number of hydrogen-bond acceptors (Lipinski definition) is 1. The number of ketones is 1. The first-order chi connectivity index (χ1) is 9.15. The van der Waals surface area contributed by atoms with Gasteiger partial charge < -0.3 is 0 Å². The maximum absolute atomic E-state index is 13.0. The lowest BCUT2D eigenvalue weighted by Crippen LogP contribution is -2.15. The van der Waals surface area contributed by atoms with E-state index in [-0.39, 0.29) is 16.7 Å². The second-order valence-electron chi connectivity index (χ2n) is 4.86. The number of halogens is 2. The molecule has 3 rings (SSSR count). The predicted molar refractivity (Wildman–Crippen MR) is 73.1 cm³/mol. The molecule has 0 aromatic heterocycles. The van der Waals surface area contributed by atoms with Gasteiger partial charge in [-0.1, -0.05) is 35.9 Å². The van der Waals surface area contributed by atoms with Gasteiger partial charge in [0.2, 0.25) is 0 Å². The van der Waals surface area contributed by atoms with Crippen LogP contribution in [0.5, 0.6) is 0 Å². The summed E-state index contributed by atoms with van der Waals surface area (Å²) in [6, 6.07) is 12.0. The van der Waals surface area contributed by atoms with Crippen LogP contribution in [0.25, 0.3) is 0 Å². The molecular weight excluding hydrogens is 263 g/mol. The first kappa shape index (κ1) is 12.4. The molecule has 0 saturated carbocycles. The Morgan fingerprint density at radius 2 is 1.74 bits per heavy atom. The van der Waals surface area contributed by atoms with Crippen LogP contribution in [-0.2, 0) is 12.8 Å². The Morgan fingerprint density at radius 3 is 2.32 bits per heavy atom. The minimum atomic E-state index is -0.420. The van der Waals surface area contributed by atoms with Crippen molar-refractivity contribution in [2.75, 3.05) is 0 Å². The fourth-order valence-corrected chi connectivity index (χ4v) is 2.91. The molecule has 2 aromatic carbocycles. The van der Waals surface area contributed by atoms with Crippen molar-refractivity contribution in [1.29, 1.82) is 0 Å². The second kappa shape index (κ2) is 4.78. The number of carbonyl (C=O) groups is 1. The molecule has 0 amide bonds. The summed E-state index contributed by atoms with van der Waals surface area (Å²) in [6.07, 6.45) is 1.48. The topological polar surface area (TPSA) is 17.1 Å². The molecule has 0 aliphatic heterocycles. The lowest BCUT2D eigenvalue weighted by Gasteiger charge is -2.09. The Morgan fingerprint density at radius 1 is 1.11 bits per heavy atom. The molecule has 0 saturated heterocycles. The van der Waals surface area contributed by atoms with E-state index < -0.39 is 5.82 Å². The van der Waals surface area contributed by atoms with Gasteiger partial charge in [0.25, 0.3) is 0 Å². The zero-order chi connectivity index (χ0) is 13.4. The number of carbonyl (C=O) groups excluding carboxylic acids is 1. The normalized spacial score (nSPS) is 14.4. The fraction of sp³-hybridized carbons (Fsp3) is 0.188. The Bertz CT molecular complexity index is 626. The Labute approximate surface area is 116 Å². The quantitative estimate of drug-likeness (QED) is 0.754. The van der Waals surface area contributed by atoms with Gasteiger partial charge in [-0.15, -0.1) is 0 Å². The molecule has 1 aliphatic rings. The minimum Gasteiger partial charge on any atom is -0.294 e. The molecule has 1 nitrogen and oxygen atoms in total. The van der Waals surface area contributed by atoms with E-state index in [0.717, 1.165) is 12.8 Å². The monoisotopic (exact) mass is 274 g/mol. The smallest absolute Gasteiger partial charge is 0.168 e. The minimum absolute atomic E-state index is 0.00111. The van der Waals surface area contributed by atoms with E-state index in [0.29, 0.717) is 5.56 Å². The van der Waals surface area contributed by atoms with E-state index in [9.17, 15) is 9.18 Å². The summed E-state index contributed by atoms with van der Waals surface area (Å²) in [5.74, 6) is -0.502. The van der Waals surface area contributed by atoms with Gasteiger partial charge in [-0.3, -0.25) is 4.79 Å². The average molecular weight is 275 g/mol. The first-order valence-corrected chi connectivity index (χ1v) is 6.59. The highest BCUT2D eigenvalue weighted by Crippen LogP contribution is 2.30. The molecule has 19 heavy (non-hydrogen) atoms. The lowest BCUT2D eigenvalue weighted by atomic mass is 9.95. The zero-order valence-corrected chi connectivity index (χ0v) is 11.0. The second-order valence-corrected chi connectivity index (χ2v) is 5.27. The van der Waals surface area contributed by atoms with E-state index in [1.165, 1.54) is 29.3 Å². The summed E-state index contributed by atoms with van der Waals surface area (Å²) in [6.45, 7) is 0. The van der Waals surface area contributed by atoms with Gasteiger partial charge >= 0.3 is 0 Å². The van der Waals surface area contributed by atoms with Crippen LogP contribution in [0.1, 0.15) is 21.5 Å².